The van der Waals surface area contributed by atoms with Gasteiger partial charge in [-0.3, -0.25) is 0 Å². The molecule has 0 spiro atoms. The third kappa shape index (κ3) is 15.4. The van der Waals surface area contributed by atoms with Crippen LogP contribution in [0.15, 0.2) is 0 Å². The molecular weight excluding hydrogens is 315 g/mol. The van der Waals surface area contributed by atoms with E-state index in [-0.39, 0.29) is 160 Å². The van der Waals surface area contributed by atoms with Crippen LogP contribution in [0.5, 0.6) is 0 Å². The number of carboxylic acids is 3. The van der Waals surface area contributed by atoms with Crippen molar-refractivity contribution < 1.29 is 189 Å². The summed E-state index contributed by atoms with van der Waals surface area (Å²) in [6.07, 6.45) is -2.72. The molecule has 11 heteroatoms. The van der Waals surface area contributed by atoms with Gasteiger partial charge in [-0.05, 0) is 0 Å². The van der Waals surface area contributed by atoms with Crippen LogP contribution in [0.25, 0.3) is 0 Å². The Morgan fingerprint density at radius 2 is 1.12 bits per heavy atom. The molecule has 0 aliphatic heterocycles. The van der Waals surface area contributed by atoms with E-state index >= 15 is 0 Å². The second kappa shape index (κ2) is 15.6. The maximum absolute atomic E-state index is 10.1. The molecule has 0 aromatic carbocycles. The molecular formula is C6H8K3NO7. The number of carbonyl (C=O) groups excluding carboxylic acids is 3. The summed E-state index contributed by atoms with van der Waals surface area (Å²) in [5.41, 5.74) is -2.97. The fraction of sp³-hybridized carbons (Fsp3) is 0.500. The average molecular weight is 323 g/mol. The van der Waals surface area contributed by atoms with Crippen molar-refractivity contribution in [2.45, 2.75) is 18.4 Å². The molecule has 0 unspecified atom stereocenters. The van der Waals surface area contributed by atoms with E-state index in [4.69, 9.17) is 5.11 Å². The van der Waals surface area contributed by atoms with Crippen molar-refractivity contribution in [3.05, 3.63) is 0 Å². The molecule has 82 valence electrons. The number of aliphatic carboxylic acids is 3. The van der Waals surface area contributed by atoms with E-state index in [2.05, 4.69) is 0 Å². The Bertz CT molecular complexity index is 244. The molecule has 0 heterocycles. The number of carbonyl (C=O) groups is 3. The zero-order valence-electron chi connectivity index (χ0n) is 10.0. The normalized spacial score (nSPS) is 8.29. The van der Waals surface area contributed by atoms with Gasteiger partial charge in [0.2, 0.25) is 0 Å². The van der Waals surface area contributed by atoms with Gasteiger partial charge in [0.1, 0.15) is 5.60 Å². The van der Waals surface area contributed by atoms with Gasteiger partial charge in [-0.25, -0.2) is 0 Å². The smallest absolute Gasteiger partial charge is 0.550 e. The van der Waals surface area contributed by atoms with Gasteiger partial charge < -0.3 is 41.0 Å². The maximum atomic E-state index is 10.1. The summed E-state index contributed by atoms with van der Waals surface area (Å²) in [5, 5.41) is 38.9. The summed E-state index contributed by atoms with van der Waals surface area (Å²) in [7, 11) is 0. The minimum absolute atomic E-state index is 0. The molecule has 8 nitrogen and oxygen atoms in total. The number of aliphatic hydroxyl groups is 1. The fourth-order valence-corrected chi connectivity index (χ4v) is 0.684. The van der Waals surface area contributed by atoms with Crippen LogP contribution >= 0.6 is 0 Å². The second-order valence-corrected chi connectivity index (χ2v) is 2.42. The van der Waals surface area contributed by atoms with Crippen molar-refractivity contribution >= 4 is 17.9 Å². The first-order valence-corrected chi connectivity index (χ1v) is 3.11. The van der Waals surface area contributed by atoms with Gasteiger partial charge in [0.05, 0.1) is 5.97 Å². The number of hydrogen-bond acceptors (Lipinski definition) is 8. The minimum atomic E-state index is -2.97. The van der Waals surface area contributed by atoms with E-state index in [1.807, 2.05) is 0 Å². The van der Waals surface area contributed by atoms with Crippen LogP contribution in [0.1, 0.15) is 12.8 Å². The number of hydrogen-bond donors (Lipinski definition) is 2. The predicted octanol–water partition coefficient (Wildman–Crippen LogP) is -14.1. The average Bonchev–Trinajstić information content (AvgIpc) is 1.82. The van der Waals surface area contributed by atoms with E-state index in [0.29, 0.717) is 0 Å². The van der Waals surface area contributed by atoms with Crippen molar-refractivity contribution in [3.8, 4) is 0 Å². The van der Waals surface area contributed by atoms with Gasteiger partial charge in [-0.1, -0.05) is 0 Å². The summed E-state index contributed by atoms with van der Waals surface area (Å²) in [4.78, 5) is 30.0. The third-order valence-corrected chi connectivity index (χ3v) is 1.25. The van der Waals surface area contributed by atoms with E-state index in [0.717, 1.165) is 0 Å². The molecule has 0 bridgehead atoms. The summed E-state index contributed by atoms with van der Waals surface area (Å²) in [6, 6.07) is 0. The first-order valence-electron chi connectivity index (χ1n) is 3.11. The fourth-order valence-electron chi connectivity index (χ4n) is 0.684. The molecule has 0 fully saturated rings. The molecule has 0 rings (SSSR count). The topological polar surface area (TPSA) is 176 Å². The standard InChI is InChI=1S/C6H8O7.3K.H3N/c7-3(8)1-6(13,5(11)12)2-4(9)10;;;;/h13H,1-2H2,(H,7,8)(H,9,10)(H,11,12);;;;1H3/q;3*+1;/p-3. The molecule has 0 saturated carbocycles. The third-order valence-electron chi connectivity index (χ3n) is 1.25. The quantitative estimate of drug-likeness (QED) is 0.468. The van der Waals surface area contributed by atoms with Crippen molar-refractivity contribution in [2.24, 2.45) is 0 Å². The van der Waals surface area contributed by atoms with Gasteiger partial charge >= 0.3 is 154 Å². The minimum Gasteiger partial charge on any atom is -0.550 e. The second-order valence-electron chi connectivity index (χ2n) is 2.42. The van der Waals surface area contributed by atoms with Gasteiger partial charge in [0, 0.05) is 24.8 Å². The molecule has 0 aromatic heterocycles. The summed E-state index contributed by atoms with van der Waals surface area (Å²) >= 11 is 0. The number of carboxylic acid groups (broad SMARTS) is 3. The Morgan fingerprint density at radius 1 is 0.882 bits per heavy atom. The van der Waals surface area contributed by atoms with Crippen LogP contribution in [0.2, 0.25) is 0 Å². The van der Waals surface area contributed by atoms with Crippen molar-refractivity contribution in [1.29, 1.82) is 0 Å². The summed E-state index contributed by atoms with van der Waals surface area (Å²) < 4.78 is 0. The van der Waals surface area contributed by atoms with Crippen molar-refractivity contribution in [2.75, 3.05) is 0 Å². The maximum Gasteiger partial charge on any atom is 1.00 e. The van der Waals surface area contributed by atoms with Crippen LogP contribution in [0.3, 0.4) is 0 Å². The van der Waals surface area contributed by atoms with Crippen LogP contribution in [0, 0.1) is 0 Å². The van der Waals surface area contributed by atoms with E-state index in [1.165, 1.54) is 0 Å². The Morgan fingerprint density at radius 3 is 1.24 bits per heavy atom. The van der Waals surface area contributed by atoms with Gasteiger partial charge in [0.25, 0.3) is 0 Å². The molecule has 0 aromatic rings. The molecule has 0 aliphatic carbocycles. The van der Waals surface area contributed by atoms with E-state index < -0.39 is 36.4 Å². The molecule has 0 aliphatic rings. The first kappa shape index (κ1) is 32.3. The molecule has 0 saturated heterocycles. The van der Waals surface area contributed by atoms with Gasteiger partial charge in [0.15, 0.2) is 0 Å². The Labute approximate surface area is 225 Å². The molecule has 17 heavy (non-hydrogen) atoms. The van der Waals surface area contributed by atoms with Crippen molar-refractivity contribution in [3.63, 3.8) is 0 Å². The Hall–Kier alpha value is 3.24. The zero-order chi connectivity index (χ0) is 10.6. The van der Waals surface area contributed by atoms with Crippen LogP contribution in [0.4, 0.5) is 0 Å². The molecule has 0 amide bonds. The van der Waals surface area contributed by atoms with Gasteiger partial charge in [-0.15, -0.1) is 0 Å². The van der Waals surface area contributed by atoms with Crippen LogP contribution in [-0.4, -0.2) is 28.6 Å². The first-order chi connectivity index (χ1) is 5.78. The Balaban J connectivity index is -0.000000120. The zero-order valence-corrected chi connectivity index (χ0v) is 19.4. The largest absolute Gasteiger partial charge is 1.00 e. The van der Waals surface area contributed by atoms with E-state index in [9.17, 15) is 29.7 Å². The molecule has 4 N–H and O–H groups in total. The van der Waals surface area contributed by atoms with Crippen molar-refractivity contribution in [1.82, 2.24) is 6.15 Å². The predicted molar refractivity (Wildman–Crippen MR) is 34.2 cm³/mol. The van der Waals surface area contributed by atoms with Crippen LogP contribution in [-0.2, 0) is 14.4 Å². The van der Waals surface area contributed by atoms with Gasteiger partial charge in [-0.2, -0.15) is 0 Å². The SMILES string of the molecule is N.O=C([O-])CC(O)(CC(=O)[O-])C(=O)[O-].[K+].[K+].[K+]. The number of rotatable bonds is 5. The van der Waals surface area contributed by atoms with E-state index in [1.54, 1.807) is 0 Å². The molecule has 0 radical (unpaired) electrons. The Kier molecular flexibility index (Phi) is 29.6. The molecule has 0 atom stereocenters. The van der Waals surface area contributed by atoms with Crippen LogP contribution < -0.4 is 176 Å². The summed E-state index contributed by atoms with van der Waals surface area (Å²) in [6.45, 7) is 0. The summed E-state index contributed by atoms with van der Waals surface area (Å²) in [5.74, 6) is -5.98. The monoisotopic (exact) mass is 323 g/mol.